The van der Waals surface area contributed by atoms with Gasteiger partial charge >= 0.3 is 0 Å². The highest BCUT2D eigenvalue weighted by Crippen LogP contribution is 2.28. The second-order valence-corrected chi connectivity index (χ2v) is 7.19. The van der Waals surface area contributed by atoms with Gasteiger partial charge in [0.1, 0.15) is 5.52 Å². The average Bonchev–Trinajstić information content (AvgIpc) is 3.17. The third-order valence-corrected chi connectivity index (χ3v) is 4.79. The Hall–Kier alpha value is -4.26. The molecule has 4 rings (SSSR count). The number of benzene rings is 3. The number of nitrogens with zero attached hydrogens (tertiary/aromatic N) is 2. The van der Waals surface area contributed by atoms with Crippen molar-refractivity contribution in [2.75, 3.05) is 5.32 Å². The maximum atomic E-state index is 12.4. The number of nitro benzene ring substituents is 1. The fourth-order valence-corrected chi connectivity index (χ4v) is 3.13. The number of amides is 1. The van der Waals surface area contributed by atoms with Crippen LogP contribution in [-0.4, -0.2) is 15.8 Å². The van der Waals surface area contributed by atoms with Crippen LogP contribution in [0.2, 0.25) is 0 Å². The van der Waals surface area contributed by atoms with Crippen molar-refractivity contribution < 1.29 is 14.1 Å². The Kier molecular flexibility index (Phi) is 5.32. The van der Waals surface area contributed by atoms with Crippen LogP contribution < -0.4 is 5.32 Å². The molecule has 0 aliphatic carbocycles. The summed E-state index contributed by atoms with van der Waals surface area (Å²) >= 11 is 0. The Balaban J connectivity index is 1.55. The summed E-state index contributed by atoms with van der Waals surface area (Å²) in [5.41, 5.74) is 5.36. The number of nitrogens with one attached hydrogen (secondary N) is 1. The van der Waals surface area contributed by atoms with Gasteiger partial charge in [-0.3, -0.25) is 14.9 Å². The largest absolute Gasteiger partial charge is 0.436 e. The number of rotatable bonds is 5. The van der Waals surface area contributed by atoms with Gasteiger partial charge in [-0.15, -0.1) is 0 Å². The molecule has 7 nitrogen and oxygen atoms in total. The van der Waals surface area contributed by atoms with Crippen molar-refractivity contribution in [2.45, 2.75) is 13.8 Å². The lowest BCUT2D eigenvalue weighted by Gasteiger charge is -2.08. The van der Waals surface area contributed by atoms with E-state index in [2.05, 4.69) is 10.3 Å². The van der Waals surface area contributed by atoms with Gasteiger partial charge in [0.15, 0.2) is 5.58 Å². The van der Waals surface area contributed by atoms with Gasteiger partial charge in [0.2, 0.25) is 11.8 Å². The highest BCUT2D eigenvalue weighted by molar-refractivity contribution is 6.02. The van der Waals surface area contributed by atoms with Crippen LogP contribution in [0.5, 0.6) is 0 Å². The molecule has 4 aromatic rings. The first-order valence-corrected chi connectivity index (χ1v) is 9.61. The third-order valence-electron chi connectivity index (χ3n) is 4.79. The molecule has 1 amide bonds. The number of aryl methyl sites for hydroxylation is 2. The quantitative estimate of drug-likeness (QED) is 0.258. The van der Waals surface area contributed by atoms with Crippen LogP contribution in [0.1, 0.15) is 16.7 Å². The smallest absolute Gasteiger partial charge is 0.270 e. The van der Waals surface area contributed by atoms with Gasteiger partial charge in [0.25, 0.3) is 5.69 Å². The van der Waals surface area contributed by atoms with Gasteiger partial charge in [-0.1, -0.05) is 24.3 Å². The molecule has 3 aromatic carbocycles. The Morgan fingerprint density at radius 3 is 2.74 bits per heavy atom. The predicted molar refractivity (Wildman–Crippen MR) is 120 cm³/mol. The molecule has 0 unspecified atom stereocenters. The van der Waals surface area contributed by atoms with E-state index in [0.717, 1.165) is 22.2 Å². The molecule has 0 radical (unpaired) electrons. The lowest BCUT2D eigenvalue weighted by Crippen LogP contribution is -2.09. The summed E-state index contributed by atoms with van der Waals surface area (Å²) in [5.74, 6) is 0.128. The summed E-state index contributed by atoms with van der Waals surface area (Å²) < 4.78 is 5.88. The van der Waals surface area contributed by atoms with E-state index in [0.29, 0.717) is 22.7 Å². The number of fused-ring (bicyclic) bond motifs is 1. The van der Waals surface area contributed by atoms with E-state index in [9.17, 15) is 14.9 Å². The Morgan fingerprint density at radius 2 is 1.94 bits per heavy atom. The molecular weight excluding hydrogens is 394 g/mol. The van der Waals surface area contributed by atoms with Gasteiger partial charge in [0, 0.05) is 29.5 Å². The molecule has 154 valence electrons. The lowest BCUT2D eigenvalue weighted by atomic mass is 10.1. The monoisotopic (exact) mass is 413 g/mol. The average molecular weight is 413 g/mol. The minimum Gasteiger partial charge on any atom is -0.436 e. The predicted octanol–water partition coefficient (Wildman–Crippen LogP) is 5.67. The van der Waals surface area contributed by atoms with E-state index in [-0.39, 0.29) is 11.6 Å². The molecule has 7 heteroatoms. The number of aromatic nitrogens is 1. The number of oxazole rings is 1. The highest BCUT2D eigenvalue weighted by Gasteiger charge is 2.11. The summed E-state index contributed by atoms with van der Waals surface area (Å²) in [4.78, 5) is 27.3. The number of non-ortho nitro benzene ring substituents is 1. The van der Waals surface area contributed by atoms with E-state index in [4.69, 9.17) is 4.42 Å². The molecule has 0 aliphatic rings. The first-order valence-electron chi connectivity index (χ1n) is 9.61. The van der Waals surface area contributed by atoms with Gasteiger partial charge in [-0.25, -0.2) is 4.98 Å². The molecule has 0 spiro atoms. The van der Waals surface area contributed by atoms with Crippen LogP contribution in [0, 0.1) is 24.0 Å². The lowest BCUT2D eigenvalue weighted by molar-refractivity contribution is -0.384. The van der Waals surface area contributed by atoms with Crippen LogP contribution in [0.4, 0.5) is 11.4 Å². The molecular formula is C24H19N3O4. The van der Waals surface area contributed by atoms with E-state index in [1.165, 1.54) is 24.3 Å². The molecule has 0 fully saturated rings. The maximum Gasteiger partial charge on any atom is 0.270 e. The maximum absolute atomic E-state index is 12.4. The topological polar surface area (TPSA) is 98.3 Å². The van der Waals surface area contributed by atoms with Crippen LogP contribution >= 0.6 is 0 Å². The molecule has 0 aliphatic heterocycles. The first-order chi connectivity index (χ1) is 14.9. The van der Waals surface area contributed by atoms with Gasteiger partial charge in [-0.2, -0.15) is 0 Å². The number of hydrogen-bond acceptors (Lipinski definition) is 5. The Morgan fingerprint density at radius 1 is 1.10 bits per heavy atom. The summed E-state index contributed by atoms with van der Waals surface area (Å²) in [5, 5.41) is 13.7. The number of hydrogen-bond donors (Lipinski definition) is 1. The van der Waals surface area contributed by atoms with E-state index >= 15 is 0 Å². The van der Waals surface area contributed by atoms with Crippen molar-refractivity contribution in [3.8, 4) is 11.5 Å². The fraction of sp³-hybridized carbons (Fsp3) is 0.0833. The number of nitro groups is 1. The van der Waals surface area contributed by atoms with Crippen molar-refractivity contribution in [3.63, 3.8) is 0 Å². The minimum absolute atomic E-state index is 0.0281. The van der Waals surface area contributed by atoms with Crippen LogP contribution in [0.3, 0.4) is 0 Å². The second-order valence-electron chi connectivity index (χ2n) is 7.19. The molecule has 0 saturated heterocycles. The van der Waals surface area contributed by atoms with E-state index < -0.39 is 4.92 Å². The molecule has 0 saturated carbocycles. The summed E-state index contributed by atoms with van der Waals surface area (Å²) in [6.07, 6.45) is 2.87. The number of carbonyl (C=O) groups excluding carboxylic acids is 1. The van der Waals surface area contributed by atoms with Crippen molar-refractivity contribution >= 4 is 34.5 Å². The van der Waals surface area contributed by atoms with Crippen LogP contribution in [-0.2, 0) is 4.79 Å². The van der Waals surface area contributed by atoms with Gasteiger partial charge in [0.05, 0.1) is 4.92 Å². The van der Waals surface area contributed by atoms with Crippen molar-refractivity contribution in [1.29, 1.82) is 0 Å². The molecule has 1 N–H and O–H groups in total. The van der Waals surface area contributed by atoms with Gasteiger partial charge in [-0.05, 0) is 60.9 Å². The zero-order valence-corrected chi connectivity index (χ0v) is 17.0. The summed E-state index contributed by atoms with van der Waals surface area (Å²) in [7, 11) is 0. The molecule has 31 heavy (non-hydrogen) atoms. The molecule has 1 aromatic heterocycles. The summed E-state index contributed by atoms with van der Waals surface area (Å²) in [6.45, 7) is 3.88. The molecule has 0 bridgehead atoms. The zero-order chi connectivity index (χ0) is 22.0. The second kappa shape index (κ2) is 8.23. The Labute approximate surface area is 178 Å². The first kappa shape index (κ1) is 20.0. The normalized spacial score (nSPS) is 11.2. The van der Waals surface area contributed by atoms with Gasteiger partial charge < -0.3 is 9.73 Å². The van der Waals surface area contributed by atoms with Crippen molar-refractivity contribution in [1.82, 2.24) is 4.98 Å². The number of carbonyl (C=O) groups is 1. The molecule has 0 atom stereocenters. The standard InChI is InChI=1S/C24H19N3O4/c1-15-6-10-20-22(12-15)31-24(26-20)18-9-7-16(2)21(14-18)25-23(28)11-8-17-4-3-5-19(13-17)27(29)30/h3-14H,1-2H3,(H,25,28). The third kappa shape index (κ3) is 4.51. The zero-order valence-electron chi connectivity index (χ0n) is 17.0. The fourth-order valence-electron chi connectivity index (χ4n) is 3.13. The van der Waals surface area contributed by atoms with Crippen LogP contribution in [0.25, 0.3) is 28.6 Å². The van der Waals surface area contributed by atoms with E-state index in [1.807, 2.05) is 50.2 Å². The highest BCUT2D eigenvalue weighted by atomic mass is 16.6. The van der Waals surface area contributed by atoms with Crippen molar-refractivity contribution in [2.24, 2.45) is 0 Å². The molecule has 1 heterocycles. The Bertz CT molecular complexity index is 1340. The number of anilines is 1. The minimum atomic E-state index is -0.473. The van der Waals surface area contributed by atoms with Crippen LogP contribution in [0.15, 0.2) is 71.2 Å². The van der Waals surface area contributed by atoms with E-state index in [1.54, 1.807) is 12.1 Å². The van der Waals surface area contributed by atoms with Crippen molar-refractivity contribution in [3.05, 3.63) is 93.5 Å². The summed E-state index contributed by atoms with van der Waals surface area (Å²) in [6, 6.07) is 17.5. The SMILES string of the molecule is Cc1ccc2nc(-c3ccc(C)c(NC(=O)C=Cc4cccc([N+](=O)[O-])c4)c3)oc2c1.